The van der Waals surface area contributed by atoms with Crippen LogP contribution in [-0.2, 0) is 4.79 Å². The maximum absolute atomic E-state index is 11.9. The Morgan fingerprint density at radius 1 is 0.974 bits per heavy atom. The molecule has 4 rings (SSSR count). The largest absolute Gasteiger partial charge is 0.370 e. The SMILES string of the molecule is CC1CN(C(=Nc2ccc(Cl)cc2Cl)Nc2ccc(C(CC(N)=O)c3ccc(Cl)cc3Cl)cc2)CC(C)N1. The number of guanidine groups is 1. The Balaban J connectivity index is 1.65. The van der Waals surface area contributed by atoms with E-state index in [1.54, 1.807) is 30.3 Å². The number of carbonyl (C=O) groups excluding carboxylic acids is 1. The smallest absolute Gasteiger partial charge is 0.218 e. The van der Waals surface area contributed by atoms with Crippen molar-refractivity contribution < 1.29 is 4.79 Å². The molecule has 1 heterocycles. The van der Waals surface area contributed by atoms with Crippen molar-refractivity contribution in [1.82, 2.24) is 10.2 Å². The van der Waals surface area contributed by atoms with Crippen molar-refractivity contribution in [3.05, 3.63) is 91.9 Å². The number of halogens is 4. The van der Waals surface area contributed by atoms with E-state index >= 15 is 0 Å². The molecule has 0 bridgehead atoms. The second-order valence-electron chi connectivity index (χ2n) is 9.54. The monoisotopic (exact) mass is 591 g/mol. The second-order valence-corrected chi connectivity index (χ2v) is 11.2. The lowest BCUT2D eigenvalue weighted by atomic mass is 9.88. The molecule has 10 heteroatoms. The minimum absolute atomic E-state index is 0.118. The van der Waals surface area contributed by atoms with Crippen LogP contribution in [0.2, 0.25) is 20.1 Å². The molecule has 6 nitrogen and oxygen atoms in total. The van der Waals surface area contributed by atoms with Gasteiger partial charge in [0.1, 0.15) is 0 Å². The fraction of sp³-hybridized carbons (Fsp3) is 0.286. The maximum Gasteiger partial charge on any atom is 0.218 e. The number of carbonyl (C=O) groups is 1. The van der Waals surface area contributed by atoms with E-state index in [0.717, 1.165) is 29.9 Å². The molecule has 200 valence electrons. The van der Waals surface area contributed by atoms with Gasteiger partial charge in [-0.15, -0.1) is 0 Å². The van der Waals surface area contributed by atoms with Crippen molar-refractivity contribution in [2.45, 2.75) is 38.3 Å². The number of nitrogens with one attached hydrogen (secondary N) is 2. The molecule has 3 unspecified atom stereocenters. The molecule has 3 aromatic carbocycles. The number of benzene rings is 3. The minimum atomic E-state index is -0.417. The molecule has 3 aromatic rings. The average Bonchev–Trinajstić information content (AvgIpc) is 2.84. The Labute approximate surface area is 243 Å². The van der Waals surface area contributed by atoms with E-state index in [4.69, 9.17) is 57.1 Å². The van der Waals surface area contributed by atoms with Gasteiger partial charge in [-0.25, -0.2) is 4.99 Å². The number of hydrogen-bond acceptors (Lipinski definition) is 3. The summed E-state index contributed by atoms with van der Waals surface area (Å²) >= 11 is 25.1. The quantitative estimate of drug-likeness (QED) is 0.211. The van der Waals surface area contributed by atoms with Gasteiger partial charge in [-0.2, -0.15) is 0 Å². The van der Waals surface area contributed by atoms with Crippen molar-refractivity contribution in [3.63, 3.8) is 0 Å². The number of primary amides is 1. The summed E-state index contributed by atoms with van der Waals surface area (Å²) in [5, 5.41) is 9.05. The first-order chi connectivity index (χ1) is 18.1. The van der Waals surface area contributed by atoms with Gasteiger partial charge in [0.05, 0.1) is 10.7 Å². The van der Waals surface area contributed by atoms with Gasteiger partial charge in [0.25, 0.3) is 0 Å². The van der Waals surface area contributed by atoms with Crippen LogP contribution in [0.4, 0.5) is 11.4 Å². The van der Waals surface area contributed by atoms with E-state index in [1.165, 1.54) is 0 Å². The molecule has 0 spiro atoms. The predicted molar refractivity (Wildman–Crippen MR) is 159 cm³/mol. The van der Waals surface area contributed by atoms with Crippen molar-refractivity contribution in [2.24, 2.45) is 10.7 Å². The fourth-order valence-corrected chi connectivity index (χ4v) is 5.67. The summed E-state index contributed by atoms with van der Waals surface area (Å²) in [6.45, 7) is 5.83. The average molecular weight is 593 g/mol. The van der Waals surface area contributed by atoms with Crippen molar-refractivity contribution in [2.75, 3.05) is 18.4 Å². The van der Waals surface area contributed by atoms with E-state index in [-0.39, 0.29) is 24.4 Å². The zero-order valence-corrected chi connectivity index (χ0v) is 24.0. The van der Waals surface area contributed by atoms with Crippen LogP contribution in [0.25, 0.3) is 0 Å². The van der Waals surface area contributed by atoms with Crippen LogP contribution in [0, 0.1) is 0 Å². The van der Waals surface area contributed by atoms with Gasteiger partial charge < -0.3 is 21.3 Å². The zero-order chi connectivity index (χ0) is 27.4. The van der Waals surface area contributed by atoms with Gasteiger partial charge in [-0.3, -0.25) is 4.79 Å². The Hall–Kier alpha value is -2.48. The number of nitrogens with zero attached hydrogens (tertiary/aromatic N) is 2. The van der Waals surface area contributed by atoms with Gasteiger partial charge in [-0.05, 0) is 67.4 Å². The molecule has 1 aliphatic rings. The normalized spacial score (nSPS) is 18.8. The fourth-order valence-electron chi connectivity index (χ4n) is 4.68. The number of nitrogens with two attached hydrogens (primary N) is 1. The zero-order valence-electron chi connectivity index (χ0n) is 21.0. The molecule has 1 amide bonds. The maximum atomic E-state index is 11.9. The molecule has 4 N–H and O–H groups in total. The molecular weight excluding hydrogens is 564 g/mol. The van der Waals surface area contributed by atoms with Crippen LogP contribution in [0.3, 0.4) is 0 Å². The van der Waals surface area contributed by atoms with E-state index < -0.39 is 5.91 Å². The summed E-state index contributed by atoms with van der Waals surface area (Å²) in [6.07, 6.45) is 0.118. The molecule has 0 aliphatic carbocycles. The Morgan fingerprint density at radius 2 is 1.58 bits per heavy atom. The van der Waals surface area contributed by atoms with Crippen molar-refractivity contribution in [1.29, 1.82) is 0 Å². The molecule has 1 aliphatic heterocycles. The van der Waals surface area contributed by atoms with Gasteiger partial charge in [0, 0.05) is 58.3 Å². The molecule has 38 heavy (non-hydrogen) atoms. The highest BCUT2D eigenvalue weighted by Crippen LogP contribution is 2.35. The summed E-state index contributed by atoms with van der Waals surface area (Å²) < 4.78 is 0. The first kappa shape index (κ1) is 28.5. The van der Waals surface area contributed by atoms with E-state index in [2.05, 4.69) is 29.4 Å². The lowest BCUT2D eigenvalue weighted by Gasteiger charge is -2.38. The Morgan fingerprint density at radius 3 is 2.16 bits per heavy atom. The third kappa shape index (κ3) is 7.33. The third-order valence-electron chi connectivity index (χ3n) is 6.31. The molecule has 0 saturated carbocycles. The summed E-state index contributed by atoms with van der Waals surface area (Å²) in [6, 6.07) is 18.9. The van der Waals surface area contributed by atoms with E-state index in [1.807, 2.05) is 30.3 Å². The van der Waals surface area contributed by atoms with Crippen molar-refractivity contribution >= 4 is 69.6 Å². The molecule has 0 aromatic heterocycles. The molecule has 3 atom stereocenters. The highest BCUT2D eigenvalue weighted by Gasteiger charge is 2.25. The molecule has 1 saturated heterocycles. The van der Waals surface area contributed by atoms with Crippen LogP contribution in [0.15, 0.2) is 65.7 Å². The van der Waals surface area contributed by atoms with E-state index in [0.29, 0.717) is 31.7 Å². The minimum Gasteiger partial charge on any atom is -0.370 e. The third-order valence-corrected chi connectivity index (χ3v) is 7.41. The molecule has 1 fully saturated rings. The summed E-state index contributed by atoms with van der Waals surface area (Å²) in [5.41, 5.74) is 8.72. The standard InChI is InChI=1S/C28H29Cl4N5O/c1-16-14-37(15-17(2)34-16)28(36-26-10-6-20(30)12-25(26)32)35-21-7-3-18(4-8-21)23(13-27(33)38)22-9-5-19(29)11-24(22)31/h3-12,16-17,23,34H,13-15H2,1-2H3,(H2,33,38)(H,35,36). The number of anilines is 1. The van der Waals surface area contributed by atoms with Gasteiger partial charge in [0.15, 0.2) is 0 Å². The highest BCUT2D eigenvalue weighted by atomic mass is 35.5. The van der Waals surface area contributed by atoms with E-state index in [9.17, 15) is 4.79 Å². The van der Waals surface area contributed by atoms with Crippen LogP contribution in [0.5, 0.6) is 0 Å². The van der Waals surface area contributed by atoms with Crippen LogP contribution in [0.1, 0.15) is 37.3 Å². The van der Waals surface area contributed by atoms with Crippen molar-refractivity contribution in [3.8, 4) is 0 Å². The van der Waals surface area contributed by atoms with Crippen LogP contribution in [-0.4, -0.2) is 41.9 Å². The molecule has 0 radical (unpaired) electrons. The number of piperazine rings is 1. The number of aliphatic imine (C=N–C) groups is 1. The second kappa shape index (κ2) is 12.6. The number of rotatable bonds is 6. The molecular formula is C28H29Cl4N5O. The lowest BCUT2D eigenvalue weighted by molar-refractivity contribution is -0.118. The number of amides is 1. The predicted octanol–water partition coefficient (Wildman–Crippen LogP) is 7.09. The Bertz CT molecular complexity index is 1320. The first-order valence-electron chi connectivity index (χ1n) is 12.2. The highest BCUT2D eigenvalue weighted by molar-refractivity contribution is 6.36. The topological polar surface area (TPSA) is 82.8 Å². The first-order valence-corrected chi connectivity index (χ1v) is 13.7. The number of hydrogen-bond donors (Lipinski definition) is 3. The van der Waals surface area contributed by atoms with Gasteiger partial charge in [-0.1, -0.05) is 64.6 Å². The van der Waals surface area contributed by atoms with Gasteiger partial charge >= 0.3 is 0 Å². The lowest BCUT2D eigenvalue weighted by Crippen LogP contribution is -2.57. The van der Waals surface area contributed by atoms with Gasteiger partial charge in [0.2, 0.25) is 11.9 Å². The summed E-state index contributed by atoms with van der Waals surface area (Å²) in [7, 11) is 0. The van der Waals surface area contributed by atoms with Crippen LogP contribution >= 0.6 is 46.4 Å². The summed E-state index contributed by atoms with van der Waals surface area (Å²) in [4.78, 5) is 19.0. The van der Waals surface area contributed by atoms with Crippen LogP contribution < -0.4 is 16.4 Å². The summed E-state index contributed by atoms with van der Waals surface area (Å²) in [5.74, 6) is -0.0433. The Kier molecular flexibility index (Phi) is 9.45.